The van der Waals surface area contributed by atoms with Gasteiger partial charge >= 0.3 is 0 Å². The van der Waals surface area contributed by atoms with Gasteiger partial charge < -0.3 is 10.2 Å². The van der Waals surface area contributed by atoms with E-state index in [9.17, 15) is 9.18 Å². The van der Waals surface area contributed by atoms with Crippen LogP contribution in [0.25, 0.3) is 0 Å². The van der Waals surface area contributed by atoms with Crippen LogP contribution < -0.4 is 5.32 Å². The second-order valence-electron chi connectivity index (χ2n) is 6.35. The van der Waals surface area contributed by atoms with Crippen LogP contribution in [0, 0.1) is 11.7 Å². The van der Waals surface area contributed by atoms with E-state index in [1.807, 2.05) is 0 Å². The lowest BCUT2D eigenvalue weighted by Crippen LogP contribution is -2.38. The van der Waals surface area contributed by atoms with Gasteiger partial charge in [0.05, 0.1) is 5.41 Å². The van der Waals surface area contributed by atoms with Crippen molar-refractivity contribution in [1.29, 1.82) is 0 Å². The Bertz CT molecular complexity index is 510. The number of benzene rings is 1. The van der Waals surface area contributed by atoms with Gasteiger partial charge in [-0.1, -0.05) is 19.1 Å². The Hall–Kier alpha value is -1.42. The topological polar surface area (TPSA) is 32.3 Å². The smallest absolute Gasteiger partial charge is 0.230 e. The predicted octanol–water partition coefficient (Wildman–Crippen LogP) is 2.32. The van der Waals surface area contributed by atoms with E-state index < -0.39 is 5.41 Å². The molecule has 2 fully saturated rings. The molecule has 4 heteroatoms. The van der Waals surface area contributed by atoms with Crippen LogP contribution in [0.3, 0.4) is 0 Å². The first-order valence-corrected chi connectivity index (χ1v) is 7.91. The van der Waals surface area contributed by atoms with E-state index in [4.69, 9.17) is 0 Å². The summed E-state index contributed by atoms with van der Waals surface area (Å²) >= 11 is 0. The van der Waals surface area contributed by atoms with Crippen molar-refractivity contribution in [1.82, 2.24) is 10.2 Å². The first-order chi connectivity index (χ1) is 10.1. The van der Waals surface area contributed by atoms with Crippen molar-refractivity contribution in [3.05, 3.63) is 35.6 Å². The second kappa shape index (κ2) is 5.76. The van der Waals surface area contributed by atoms with Crippen molar-refractivity contribution in [2.45, 2.75) is 31.6 Å². The van der Waals surface area contributed by atoms with Crippen molar-refractivity contribution >= 4 is 5.91 Å². The number of rotatable bonds is 5. The number of likely N-dealkylation sites (tertiary alicyclic amines) is 1. The van der Waals surface area contributed by atoms with E-state index in [2.05, 4.69) is 17.1 Å². The maximum absolute atomic E-state index is 13.0. The lowest BCUT2D eigenvalue weighted by Gasteiger charge is -2.18. The summed E-state index contributed by atoms with van der Waals surface area (Å²) in [4.78, 5) is 14.9. The third-order valence-corrected chi connectivity index (χ3v) is 4.95. The van der Waals surface area contributed by atoms with Gasteiger partial charge in [-0.15, -0.1) is 0 Å². The average Bonchev–Trinajstić information content (AvgIpc) is 3.18. The number of hydrogen-bond donors (Lipinski definition) is 1. The molecule has 114 valence electrons. The van der Waals surface area contributed by atoms with Crippen LogP contribution in [-0.4, -0.2) is 37.0 Å². The fourth-order valence-electron chi connectivity index (χ4n) is 3.31. The molecule has 0 radical (unpaired) electrons. The molecule has 0 aromatic heterocycles. The SMILES string of the molecule is CCN1CC[C@@H](CNC(=O)C2(c3ccc(F)cc3)CC2)C1. The van der Waals surface area contributed by atoms with E-state index in [0.717, 1.165) is 51.0 Å². The number of nitrogens with one attached hydrogen (secondary N) is 1. The first kappa shape index (κ1) is 14.5. The molecule has 21 heavy (non-hydrogen) atoms. The molecular formula is C17H23FN2O. The quantitative estimate of drug-likeness (QED) is 0.902. The fourth-order valence-corrected chi connectivity index (χ4v) is 3.31. The van der Waals surface area contributed by atoms with Gasteiger partial charge in [0.15, 0.2) is 0 Å². The minimum Gasteiger partial charge on any atom is -0.355 e. The molecule has 1 aliphatic heterocycles. The summed E-state index contributed by atoms with van der Waals surface area (Å²) < 4.78 is 13.0. The Kier molecular flexibility index (Phi) is 3.98. The summed E-state index contributed by atoms with van der Waals surface area (Å²) in [5, 5.41) is 3.13. The summed E-state index contributed by atoms with van der Waals surface area (Å²) in [6.07, 6.45) is 2.91. The molecule has 0 unspecified atom stereocenters. The van der Waals surface area contributed by atoms with E-state index in [1.165, 1.54) is 12.1 Å². The monoisotopic (exact) mass is 290 g/mol. The highest BCUT2D eigenvalue weighted by atomic mass is 19.1. The first-order valence-electron chi connectivity index (χ1n) is 7.91. The van der Waals surface area contributed by atoms with Crippen LogP contribution in [0.1, 0.15) is 31.7 Å². The van der Waals surface area contributed by atoms with Gasteiger partial charge in [0.25, 0.3) is 0 Å². The van der Waals surface area contributed by atoms with Crippen molar-refractivity contribution in [2.24, 2.45) is 5.92 Å². The third kappa shape index (κ3) is 2.95. The number of carbonyl (C=O) groups is 1. The molecule has 0 bridgehead atoms. The molecule has 1 saturated heterocycles. The van der Waals surface area contributed by atoms with E-state index in [0.29, 0.717) is 5.92 Å². The molecule has 1 amide bonds. The Morgan fingerprint density at radius 2 is 2.10 bits per heavy atom. The van der Waals surface area contributed by atoms with E-state index in [-0.39, 0.29) is 11.7 Å². The largest absolute Gasteiger partial charge is 0.355 e. The van der Waals surface area contributed by atoms with Gasteiger partial charge in [-0.05, 0) is 56.0 Å². The van der Waals surface area contributed by atoms with Gasteiger partial charge in [0, 0.05) is 13.1 Å². The molecule has 1 saturated carbocycles. The Morgan fingerprint density at radius 3 is 2.67 bits per heavy atom. The zero-order chi connectivity index (χ0) is 14.9. The lowest BCUT2D eigenvalue weighted by atomic mass is 9.94. The standard InChI is InChI=1S/C17H23FN2O/c1-2-20-10-7-13(12-20)11-19-16(21)17(8-9-17)14-3-5-15(18)6-4-14/h3-6,13H,2,7-12H2,1H3,(H,19,21)/t13-/m0/s1. The molecule has 1 aromatic rings. The number of halogens is 1. The van der Waals surface area contributed by atoms with Crippen LogP contribution in [0.15, 0.2) is 24.3 Å². The molecule has 1 N–H and O–H groups in total. The van der Waals surface area contributed by atoms with E-state index >= 15 is 0 Å². The highest BCUT2D eigenvalue weighted by Gasteiger charge is 2.51. The third-order valence-electron chi connectivity index (χ3n) is 4.95. The van der Waals surface area contributed by atoms with E-state index in [1.54, 1.807) is 12.1 Å². The highest BCUT2D eigenvalue weighted by Crippen LogP contribution is 2.48. The maximum Gasteiger partial charge on any atom is 0.230 e. The zero-order valence-corrected chi connectivity index (χ0v) is 12.6. The molecule has 1 aromatic carbocycles. The summed E-state index contributed by atoms with van der Waals surface area (Å²) in [6.45, 7) is 6.25. The molecular weight excluding hydrogens is 267 g/mol. The number of amides is 1. The van der Waals surface area contributed by atoms with Crippen molar-refractivity contribution in [3.8, 4) is 0 Å². The van der Waals surface area contributed by atoms with Crippen LogP contribution in [0.5, 0.6) is 0 Å². The summed E-state index contributed by atoms with van der Waals surface area (Å²) in [7, 11) is 0. The van der Waals surface area contributed by atoms with Gasteiger partial charge in [-0.3, -0.25) is 4.79 Å². The van der Waals surface area contributed by atoms with Crippen molar-refractivity contribution in [2.75, 3.05) is 26.2 Å². The van der Waals surface area contributed by atoms with Gasteiger partial charge in [0.2, 0.25) is 5.91 Å². The lowest BCUT2D eigenvalue weighted by molar-refractivity contribution is -0.123. The number of carbonyl (C=O) groups excluding carboxylic acids is 1. The molecule has 3 nitrogen and oxygen atoms in total. The predicted molar refractivity (Wildman–Crippen MR) is 80.5 cm³/mol. The Balaban J connectivity index is 1.57. The molecule has 3 rings (SSSR count). The van der Waals surface area contributed by atoms with Crippen LogP contribution in [0.4, 0.5) is 4.39 Å². The van der Waals surface area contributed by atoms with Crippen LogP contribution in [0.2, 0.25) is 0 Å². The second-order valence-corrected chi connectivity index (χ2v) is 6.35. The van der Waals surface area contributed by atoms with Gasteiger partial charge in [0.1, 0.15) is 5.82 Å². The zero-order valence-electron chi connectivity index (χ0n) is 12.6. The summed E-state index contributed by atoms with van der Waals surface area (Å²) in [6, 6.07) is 6.38. The van der Waals surface area contributed by atoms with Crippen molar-refractivity contribution < 1.29 is 9.18 Å². The molecule has 1 atom stereocenters. The fraction of sp³-hybridized carbons (Fsp3) is 0.588. The van der Waals surface area contributed by atoms with Crippen LogP contribution in [-0.2, 0) is 10.2 Å². The minimum absolute atomic E-state index is 0.115. The average molecular weight is 290 g/mol. The Labute approximate surface area is 125 Å². The molecule has 2 aliphatic rings. The normalized spacial score (nSPS) is 24.0. The summed E-state index contributed by atoms with van der Waals surface area (Å²) in [5.74, 6) is 0.433. The molecule has 0 spiro atoms. The summed E-state index contributed by atoms with van der Waals surface area (Å²) in [5.41, 5.74) is 0.555. The Morgan fingerprint density at radius 1 is 1.38 bits per heavy atom. The number of hydrogen-bond acceptors (Lipinski definition) is 2. The van der Waals surface area contributed by atoms with Gasteiger partial charge in [-0.25, -0.2) is 4.39 Å². The number of nitrogens with zero attached hydrogens (tertiary/aromatic N) is 1. The molecule has 1 aliphatic carbocycles. The van der Waals surface area contributed by atoms with Gasteiger partial charge in [-0.2, -0.15) is 0 Å². The molecule has 1 heterocycles. The highest BCUT2D eigenvalue weighted by molar-refractivity contribution is 5.91. The van der Waals surface area contributed by atoms with Crippen molar-refractivity contribution in [3.63, 3.8) is 0 Å². The van der Waals surface area contributed by atoms with Crippen LogP contribution >= 0.6 is 0 Å². The minimum atomic E-state index is -0.392. The maximum atomic E-state index is 13.0.